The molecule has 0 heterocycles. The van der Waals surface area contributed by atoms with Crippen LogP contribution >= 0.6 is 0 Å². The highest BCUT2D eigenvalue weighted by atomic mass is 16.5. The SMILES string of the molecule is CC(C)C(=O)Oc1ccc(C=O)cc1C(CCN(C(C)C)C(C)C)c1ccccc1.O=C(O)/C=C/C(=O)O. The molecule has 0 fully saturated rings. The molecule has 2 aromatic rings. The first-order valence-electron chi connectivity index (χ1n) is 12.6. The first-order chi connectivity index (χ1) is 17.9. The molecule has 0 aliphatic heterocycles. The molecule has 38 heavy (non-hydrogen) atoms. The summed E-state index contributed by atoms with van der Waals surface area (Å²) in [5.41, 5.74) is 2.61. The molecule has 206 valence electrons. The number of hydrogen-bond donors (Lipinski definition) is 2. The van der Waals surface area contributed by atoms with Crippen molar-refractivity contribution in [2.24, 2.45) is 5.92 Å². The summed E-state index contributed by atoms with van der Waals surface area (Å²) in [5.74, 6) is -2.46. The Kier molecular flexibility index (Phi) is 13.7. The van der Waals surface area contributed by atoms with Crippen LogP contribution in [-0.2, 0) is 14.4 Å². The van der Waals surface area contributed by atoms with Crippen LogP contribution in [0.4, 0.5) is 0 Å². The van der Waals surface area contributed by atoms with Gasteiger partial charge in [0.15, 0.2) is 0 Å². The Morgan fingerprint density at radius 2 is 1.42 bits per heavy atom. The molecule has 8 nitrogen and oxygen atoms in total. The minimum Gasteiger partial charge on any atom is -0.478 e. The third kappa shape index (κ3) is 11.1. The van der Waals surface area contributed by atoms with Gasteiger partial charge in [-0.1, -0.05) is 44.2 Å². The summed E-state index contributed by atoms with van der Waals surface area (Å²) in [4.78, 5) is 45.4. The van der Waals surface area contributed by atoms with Crippen molar-refractivity contribution in [3.63, 3.8) is 0 Å². The van der Waals surface area contributed by atoms with Gasteiger partial charge in [0.2, 0.25) is 0 Å². The summed E-state index contributed by atoms with van der Waals surface area (Å²) in [7, 11) is 0. The van der Waals surface area contributed by atoms with Crippen LogP contribution in [0.2, 0.25) is 0 Å². The zero-order valence-electron chi connectivity index (χ0n) is 23.0. The van der Waals surface area contributed by atoms with Crippen molar-refractivity contribution in [2.45, 2.75) is 66.0 Å². The van der Waals surface area contributed by atoms with Gasteiger partial charge in [0.1, 0.15) is 12.0 Å². The fraction of sp³-hybridized carbons (Fsp3) is 0.400. The summed E-state index contributed by atoms with van der Waals surface area (Å²) in [5, 5.41) is 15.6. The number of carbonyl (C=O) groups excluding carboxylic acids is 2. The molecule has 1 unspecified atom stereocenters. The van der Waals surface area contributed by atoms with Crippen LogP contribution in [0.5, 0.6) is 5.75 Å². The molecule has 8 heteroatoms. The molecular weight excluding hydrogens is 486 g/mol. The van der Waals surface area contributed by atoms with Crippen LogP contribution in [-0.4, -0.2) is 57.9 Å². The van der Waals surface area contributed by atoms with Gasteiger partial charge in [-0.15, -0.1) is 0 Å². The van der Waals surface area contributed by atoms with Gasteiger partial charge in [0, 0.05) is 41.3 Å². The zero-order chi connectivity index (χ0) is 28.8. The number of hydrogen-bond acceptors (Lipinski definition) is 6. The molecular formula is C30H39NO7. The predicted molar refractivity (Wildman–Crippen MR) is 147 cm³/mol. The molecule has 0 radical (unpaired) electrons. The number of carboxylic acids is 2. The highest BCUT2D eigenvalue weighted by Gasteiger charge is 2.24. The van der Waals surface area contributed by atoms with E-state index in [1.54, 1.807) is 12.1 Å². The molecule has 2 aromatic carbocycles. The summed E-state index contributed by atoms with van der Waals surface area (Å²) in [6, 6.07) is 16.4. The van der Waals surface area contributed by atoms with E-state index in [2.05, 4.69) is 44.7 Å². The van der Waals surface area contributed by atoms with E-state index in [0.29, 0.717) is 35.5 Å². The third-order valence-electron chi connectivity index (χ3n) is 5.80. The number of aldehydes is 1. The maximum absolute atomic E-state index is 12.3. The van der Waals surface area contributed by atoms with E-state index in [4.69, 9.17) is 14.9 Å². The predicted octanol–water partition coefficient (Wildman–Crippen LogP) is 5.41. The second-order valence-electron chi connectivity index (χ2n) is 9.68. The minimum atomic E-state index is -1.26. The largest absolute Gasteiger partial charge is 0.478 e. The first kappa shape index (κ1) is 32.2. The van der Waals surface area contributed by atoms with Crippen LogP contribution < -0.4 is 4.74 Å². The average Bonchev–Trinajstić information content (AvgIpc) is 2.86. The highest BCUT2D eigenvalue weighted by Crippen LogP contribution is 2.36. The third-order valence-corrected chi connectivity index (χ3v) is 5.80. The molecule has 0 saturated heterocycles. The van der Waals surface area contributed by atoms with Gasteiger partial charge < -0.3 is 14.9 Å². The molecule has 0 aliphatic carbocycles. The second kappa shape index (κ2) is 16.1. The van der Waals surface area contributed by atoms with E-state index in [1.165, 1.54) is 0 Å². The Hall–Kier alpha value is -3.78. The summed E-state index contributed by atoms with van der Waals surface area (Å²) >= 11 is 0. The molecule has 0 aliphatic rings. The van der Waals surface area contributed by atoms with Crippen molar-refractivity contribution in [1.29, 1.82) is 0 Å². The number of rotatable bonds is 12. The lowest BCUT2D eigenvalue weighted by atomic mass is 9.86. The molecule has 0 spiro atoms. The Balaban J connectivity index is 0.000000781. The van der Waals surface area contributed by atoms with Gasteiger partial charge in [0.25, 0.3) is 0 Å². The molecule has 2 N–H and O–H groups in total. The average molecular weight is 526 g/mol. The maximum Gasteiger partial charge on any atom is 0.328 e. The van der Waals surface area contributed by atoms with Crippen molar-refractivity contribution < 1.29 is 34.1 Å². The second-order valence-corrected chi connectivity index (χ2v) is 9.68. The quantitative estimate of drug-likeness (QED) is 0.163. The maximum atomic E-state index is 12.3. The smallest absolute Gasteiger partial charge is 0.328 e. The lowest BCUT2D eigenvalue weighted by Crippen LogP contribution is -2.38. The van der Waals surface area contributed by atoms with Crippen molar-refractivity contribution in [3.8, 4) is 5.75 Å². The number of ether oxygens (including phenoxy) is 1. The van der Waals surface area contributed by atoms with Gasteiger partial charge in [-0.2, -0.15) is 0 Å². The number of esters is 1. The normalized spacial score (nSPS) is 11.9. The van der Waals surface area contributed by atoms with E-state index >= 15 is 0 Å². The molecule has 2 rings (SSSR count). The van der Waals surface area contributed by atoms with E-state index in [9.17, 15) is 19.2 Å². The number of aliphatic carboxylic acids is 2. The zero-order valence-corrected chi connectivity index (χ0v) is 23.0. The Bertz CT molecular complexity index is 1070. The van der Waals surface area contributed by atoms with E-state index in [-0.39, 0.29) is 17.8 Å². The Morgan fingerprint density at radius 1 is 0.868 bits per heavy atom. The standard InChI is InChI=1S/C26H35NO3.C4H4O4/c1-18(2)26(29)30-25-13-12-21(17-28)16-24(25)23(22-10-8-7-9-11-22)14-15-27(19(3)4)20(5)6;5-3(6)1-2-4(7)8/h7-13,16-20,23H,14-15H2,1-6H3;1-2H,(H,5,6)(H,7,8)/b;2-1+. The lowest BCUT2D eigenvalue weighted by molar-refractivity contribution is -0.138. The topological polar surface area (TPSA) is 121 Å². The highest BCUT2D eigenvalue weighted by molar-refractivity contribution is 5.89. The van der Waals surface area contributed by atoms with Gasteiger partial charge in [-0.25, -0.2) is 9.59 Å². The van der Waals surface area contributed by atoms with Gasteiger partial charge in [-0.3, -0.25) is 14.5 Å². The molecule has 0 bridgehead atoms. The number of nitrogens with zero attached hydrogens (tertiary/aromatic N) is 1. The van der Waals surface area contributed by atoms with Crippen molar-refractivity contribution >= 4 is 24.2 Å². The molecule has 1 atom stereocenters. The summed E-state index contributed by atoms with van der Waals surface area (Å²) < 4.78 is 5.74. The lowest BCUT2D eigenvalue weighted by Gasteiger charge is -2.32. The van der Waals surface area contributed by atoms with Gasteiger partial charge >= 0.3 is 17.9 Å². The van der Waals surface area contributed by atoms with E-state index in [1.807, 2.05) is 38.1 Å². The minimum absolute atomic E-state index is 0.0149. The van der Waals surface area contributed by atoms with E-state index < -0.39 is 11.9 Å². The van der Waals surface area contributed by atoms with Gasteiger partial charge in [-0.05, 0) is 64.4 Å². The first-order valence-corrected chi connectivity index (χ1v) is 12.6. The fourth-order valence-corrected chi connectivity index (χ4v) is 3.95. The molecule has 0 saturated carbocycles. The monoisotopic (exact) mass is 525 g/mol. The van der Waals surface area contributed by atoms with Crippen LogP contribution in [0.3, 0.4) is 0 Å². The van der Waals surface area contributed by atoms with Gasteiger partial charge in [0.05, 0.1) is 5.92 Å². The summed E-state index contributed by atoms with van der Waals surface area (Å²) in [6.07, 6.45) is 2.81. The van der Waals surface area contributed by atoms with Crippen LogP contribution in [0, 0.1) is 5.92 Å². The van der Waals surface area contributed by atoms with Crippen LogP contribution in [0.1, 0.15) is 75.4 Å². The van der Waals surface area contributed by atoms with E-state index in [0.717, 1.165) is 30.4 Å². The number of benzene rings is 2. The molecule has 0 aromatic heterocycles. The van der Waals surface area contributed by atoms with Crippen molar-refractivity contribution in [3.05, 3.63) is 77.4 Å². The Morgan fingerprint density at radius 3 is 1.87 bits per heavy atom. The Labute approximate surface area is 224 Å². The number of carboxylic acid groups (broad SMARTS) is 2. The summed E-state index contributed by atoms with van der Waals surface area (Å²) in [6.45, 7) is 13.4. The number of carbonyl (C=O) groups is 4. The fourth-order valence-electron chi connectivity index (χ4n) is 3.95. The van der Waals surface area contributed by atoms with Crippen LogP contribution in [0.15, 0.2) is 60.7 Å². The molecule has 0 amide bonds. The van der Waals surface area contributed by atoms with Crippen molar-refractivity contribution in [2.75, 3.05) is 6.54 Å². The van der Waals surface area contributed by atoms with Crippen LogP contribution in [0.25, 0.3) is 0 Å². The van der Waals surface area contributed by atoms with Crippen molar-refractivity contribution in [1.82, 2.24) is 4.90 Å².